The molecule has 0 spiro atoms. The van der Waals surface area contributed by atoms with E-state index in [1.807, 2.05) is 6.92 Å². The molecule has 1 fully saturated rings. The predicted molar refractivity (Wildman–Crippen MR) is 67.2 cm³/mol. The third kappa shape index (κ3) is 2.58. The van der Waals surface area contributed by atoms with Gasteiger partial charge in [-0.15, -0.1) is 0 Å². The van der Waals surface area contributed by atoms with Gasteiger partial charge in [0.05, 0.1) is 16.7 Å². The Bertz CT molecular complexity index is 439. The van der Waals surface area contributed by atoms with Crippen LogP contribution in [0.25, 0.3) is 0 Å². The summed E-state index contributed by atoms with van der Waals surface area (Å²) in [5.74, 6) is -1.35. The lowest BCUT2D eigenvalue weighted by Gasteiger charge is -2.23. The molecule has 0 amide bonds. The van der Waals surface area contributed by atoms with Crippen LogP contribution in [0.3, 0.4) is 0 Å². The second-order valence-corrected chi connectivity index (χ2v) is 5.36. The first-order chi connectivity index (χ1) is 8.54. The maximum atomic E-state index is 13.8. The summed E-state index contributed by atoms with van der Waals surface area (Å²) < 4.78 is 32.7. The molecule has 100 valence electrons. The number of ether oxygens (including phenoxy) is 1. The van der Waals surface area contributed by atoms with E-state index in [0.717, 1.165) is 18.6 Å². The highest BCUT2D eigenvalue weighted by Crippen LogP contribution is 2.36. The van der Waals surface area contributed by atoms with Gasteiger partial charge in [0.15, 0.2) is 0 Å². The van der Waals surface area contributed by atoms with Gasteiger partial charge < -0.3 is 9.84 Å². The Kier molecular flexibility index (Phi) is 4.35. The fourth-order valence-electron chi connectivity index (χ4n) is 2.44. The standard InChI is InChI=1S/C13H15BrF2O2/c1-2-12-7(3-4-18-12)13(17)8-5-11(16)9(14)6-10(8)15/h5-7,12-13,17H,2-4H2,1H3. The van der Waals surface area contributed by atoms with Crippen LogP contribution in [0.15, 0.2) is 16.6 Å². The molecule has 3 unspecified atom stereocenters. The second kappa shape index (κ2) is 5.63. The maximum Gasteiger partial charge on any atom is 0.137 e. The van der Waals surface area contributed by atoms with Crippen molar-refractivity contribution in [1.82, 2.24) is 0 Å². The first kappa shape index (κ1) is 13.9. The molecule has 0 aromatic heterocycles. The van der Waals surface area contributed by atoms with E-state index in [1.54, 1.807) is 0 Å². The average Bonchev–Trinajstić information content (AvgIpc) is 2.81. The van der Waals surface area contributed by atoms with Gasteiger partial charge in [0.2, 0.25) is 0 Å². The zero-order valence-electron chi connectivity index (χ0n) is 10.00. The Morgan fingerprint density at radius 1 is 1.44 bits per heavy atom. The summed E-state index contributed by atoms with van der Waals surface area (Å²) in [5.41, 5.74) is 0.00431. The lowest BCUT2D eigenvalue weighted by atomic mass is 9.89. The Hall–Kier alpha value is -0.520. The molecule has 1 aromatic rings. The van der Waals surface area contributed by atoms with Gasteiger partial charge in [-0.3, -0.25) is 0 Å². The van der Waals surface area contributed by atoms with Crippen molar-refractivity contribution in [3.63, 3.8) is 0 Å². The van der Waals surface area contributed by atoms with Gasteiger partial charge in [-0.2, -0.15) is 0 Å². The van der Waals surface area contributed by atoms with Gasteiger partial charge in [-0.1, -0.05) is 6.92 Å². The van der Waals surface area contributed by atoms with Gasteiger partial charge >= 0.3 is 0 Å². The van der Waals surface area contributed by atoms with E-state index >= 15 is 0 Å². The van der Waals surface area contributed by atoms with Crippen LogP contribution in [0.1, 0.15) is 31.4 Å². The first-order valence-electron chi connectivity index (χ1n) is 5.98. The van der Waals surface area contributed by atoms with E-state index < -0.39 is 17.7 Å². The van der Waals surface area contributed by atoms with Crippen molar-refractivity contribution in [1.29, 1.82) is 0 Å². The summed E-state index contributed by atoms with van der Waals surface area (Å²) in [5, 5.41) is 10.2. The van der Waals surface area contributed by atoms with Crippen LogP contribution < -0.4 is 0 Å². The molecular formula is C13H15BrF2O2. The van der Waals surface area contributed by atoms with E-state index in [0.29, 0.717) is 13.0 Å². The molecule has 0 radical (unpaired) electrons. The summed E-state index contributed by atoms with van der Waals surface area (Å²) in [7, 11) is 0. The number of hydrogen-bond acceptors (Lipinski definition) is 2. The van der Waals surface area contributed by atoms with Crippen molar-refractivity contribution in [2.45, 2.75) is 32.0 Å². The molecule has 18 heavy (non-hydrogen) atoms. The predicted octanol–water partition coefficient (Wildman–Crippen LogP) is 3.58. The fourth-order valence-corrected chi connectivity index (χ4v) is 2.76. The van der Waals surface area contributed by atoms with E-state index in [2.05, 4.69) is 15.9 Å². The Morgan fingerprint density at radius 2 is 2.17 bits per heavy atom. The van der Waals surface area contributed by atoms with Crippen molar-refractivity contribution in [2.24, 2.45) is 5.92 Å². The molecule has 1 N–H and O–H groups in total. The molecule has 5 heteroatoms. The third-order valence-corrected chi connectivity index (χ3v) is 4.03. The van der Waals surface area contributed by atoms with Gasteiger partial charge in [-0.05, 0) is 40.9 Å². The minimum Gasteiger partial charge on any atom is -0.388 e. The van der Waals surface area contributed by atoms with Crippen molar-refractivity contribution in [3.05, 3.63) is 33.8 Å². The molecule has 2 rings (SSSR count). The van der Waals surface area contributed by atoms with E-state index in [9.17, 15) is 13.9 Å². The molecule has 3 atom stereocenters. The molecule has 1 aromatic carbocycles. The Morgan fingerprint density at radius 3 is 2.83 bits per heavy atom. The van der Waals surface area contributed by atoms with Crippen molar-refractivity contribution >= 4 is 15.9 Å². The van der Waals surface area contributed by atoms with Crippen LogP contribution in [-0.4, -0.2) is 17.8 Å². The Balaban J connectivity index is 2.28. The lowest BCUT2D eigenvalue weighted by molar-refractivity contribution is 0.0291. The monoisotopic (exact) mass is 320 g/mol. The van der Waals surface area contributed by atoms with E-state index in [1.165, 1.54) is 0 Å². The molecular weight excluding hydrogens is 306 g/mol. The molecule has 1 heterocycles. The third-order valence-electron chi connectivity index (χ3n) is 3.43. The fraction of sp³-hybridized carbons (Fsp3) is 0.538. The molecule has 2 nitrogen and oxygen atoms in total. The zero-order valence-corrected chi connectivity index (χ0v) is 11.6. The zero-order chi connectivity index (χ0) is 13.3. The van der Waals surface area contributed by atoms with Crippen LogP contribution in [0.4, 0.5) is 8.78 Å². The van der Waals surface area contributed by atoms with Crippen LogP contribution in [-0.2, 0) is 4.74 Å². The van der Waals surface area contributed by atoms with Crippen molar-refractivity contribution in [2.75, 3.05) is 6.61 Å². The molecule has 1 aliphatic heterocycles. The minimum atomic E-state index is -1.03. The molecule has 1 saturated heterocycles. The molecule has 0 aliphatic carbocycles. The highest BCUT2D eigenvalue weighted by Gasteiger charge is 2.34. The van der Waals surface area contributed by atoms with Crippen molar-refractivity contribution in [3.8, 4) is 0 Å². The topological polar surface area (TPSA) is 29.5 Å². The number of benzene rings is 1. The summed E-state index contributed by atoms with van der Waals surface area (Å²) in [6.45, 7) is 2.51. The smallest absolute Gasteiger partial charge is 0.137 e. The molecule has 0 saturated carbocycles. The lowest BCUT2D eigenvalue weighted by Crippen LogP contribution is -2.22. The largest absolute Gasteiger partial charge is 0.388 e. The van der Waals surface area contributed by atoms with Crippen molar-refractivity contribution < 1.29 is 18.6 Å². The summed E-state index contributed by atoms with van der Waals surface area (Å²) in [6, 6.07) is 2.10. The highest BCUT2D eigenvalue weighted by molar-refractivity contribution is 9.10. The second-order valence-electron chi connectivity index (χ2n) is 4.50. The Labute approximate surface area is 113 Å². The summed E-state index contributed by atoms with van der Waals surface area (Å²) >= 11 is 2.92. The number of aliphatic hydroxyl groups excluding tert-OH is 1. The van der Waals surface area contributed by atoms with Gasteiger partial charge in [-0.25, -0.2) is 8.78 Å². The van der Waals surface area contributed by atoms with E-state index in [-0.39, 0.29) is 22.1 Å². The SMILES string of the molecule is CCC1OCCC1C(O)c1cc(F)c(Br)cc1F. The van der Waals surface area contributed by atoms with Crippen LogP contribution >= 0.6 is 15.9 Å². The minimum absolute atomic E-state index is 0.00431. The first-order valence-corrected chi connectivity index (χ1v) is 6.78. The highest BCUT2D eigenvalue weighted by atomic mass is 79.9. The quantitative estimate of drug-likeness (QED) is 0.863. The molecule has 1 aliphatic rings. The van der Waals surface area contributed by atoms with Crippen LogP contribution in [0.2, 0.25) is 0 Å². The summed E-state index contributed by atoms with van der Waals surface area (Å²) in [6.07, 6.45) is 0.297. The van der Waals surface area contributed by atoms with Gasteiger partial charge in [0.1, 0.15) is 11.6 Å². The number of hydrogen-bond donors (Lipinski definition) is 1. The van der Waals surface area contributed by atoms with Crippen LogP contribution in [0.5, 0.6) is 0 Å². The number of halogens is 3. The number of aliphatic hydroxyl groups is 1. The maximum absolute atomic E-state index is 13.8. The number of rotatable bonds is 3. The van der Waals surface area contributed by atoms with E-state index in [4.69, 9.17) is 4.74 Å². The normalized spacial score (nSPS) is 25.4. The van der Waals surface area contributed by atoms with Gasteiger partial charge in [0, 0.05) is 18.1 Å². The average molecular weight is 321 g/mol. The molecule has 0 bridgehead atoms. The van der Waals surface area contributed by atoms with Crippen LogP contribution in [0, 0.1) is 17.6 Å². The summed E-state index contributed by atoms with van der Waals surface area (Å²) in [4.78, 5) is 0. The van der Waals surface area contributed by atoms with Gasteiger partial charge in [0.25, 0.3) is 0 Å².